The number of thioether (sulfide) groups is 1. The van der Waals surface area contributed by atoms with E-state index in [2.05, 4.69) is 5.32 Å². The zero-order chi connectivity index (χ0) is 19.1. The largest absolute Gasteiger partial charge is 0.493 e. The first kappa shape index (κ1) is 20.4. The smallest absolute Gasteiger partial charge is 0.284 e. The quantitative estimate of drug-likeness (QED) is 0.642. The van der Waals surface area contributed by atoms with Gasteiger partial charge in [0.15, 0.2) is 11.5 Å². The second kappa shape index (κ2) is 9.68. The van der Waals surface area contributed by atoms with Crippen LogP contribution >= 0.6 is 11.8 Å². The fraction of sp³-hybridized carbons (Fsp3) is 0.444. The van der Waals surface area contributed by atoms with Crippen molar-refractivity contribution in [1.29, 1.82) is 0 Å². The zero-order valence-electron chi connectivity index (χ0n) is 15.2. The van der Waals surface area contributed by atoms with E-state index in [0.29, 0.717) is 47.1 Å². The first-order valence-electron chi connectivity index (χ1n) is 7.99. The van der Waals surface area contributed by atoms with Gasteiger partial charge in [0.1, 0.15) is 11.5 Å². The Morgan fingerprint density at radius 3 is 2.19 bits per heavy atom. The fourth-order valence-corrected chi connectivity index (χ4v) is 2.91. The highest BCUT2D eigenvalue weighted by molar-refractivity contribution is 7.98. The normalized spacial score (nSPS) is 12.3. The van der Waals surface area contributed by atoms with E-state index in [1.54, 1.807) is 33.5 Å². The van der Waals surface area contributed by atoms with Gasteiger partial charge in [-0.2, -0.15) is 8.78 Å². The van der Waals surface area contributed by atoms with E-state index in [1.807, 2.05) is 19.1 Å². The molecule has 1 unspecified atom stereocenters. The first-order valence-corrected chi connectivity index (χ1v) is 9.04. The topological polar surface area (TPSA) is 52.9 Å². The van der Waals surface area contributed by atoms with Gasteiger partial charge in [-0.25, -0.2) is 0 Å². The van der Waals surface area contributed by atoms with Crippen molar-refractivity contribution in [2.24, 2.45) is 0 Å². The molecule has 26 heavy (non-hydrogen) atoms. The minimum Gasteiger partial charge on any atom is -0.493 e. The van der Waals surface area contributed by atoms with Crippen LogP contribution in [0, 0.1) is 0 Å². The van der Waals surface area contributed by atoms with Crippen LogP contribution in [0.1, 0.15) is 30.0 Å². The molecule has 144 valence electrons. The third-order valence-electron chi connectivity index (χ3n) is 3.84. The van der Waals surface area contributed by atoms with Gasteiger partial charge in [-0.05, 0) is 36.8 Å². The molecule has 0 spiro atoms. The van der Waals surface area contributed by atoms with E-state index in [-0.39, 0.29) is 11.8 Å². The average molecular weight is 387 g/mol. The number of benzene rings is 1. The maximum absolute atomic E-state index is 12.2. The number of halogens is 2. The molecule has 1 aromatic carbocycles. The van der Waals surface area contributed by atoms with Crippen LogP contribution in [0.25, 0.3) is 0 Å². The summed E-state index contributed by atoms with van der Waals surface area (Å²) in [4.78, 5) is 0. The Morgan fingerprint density at radius 1 is 1.04 bits per heavy atom. The summed E-state index contributed by atoms with van der Waals surface area (Å²) in [5.41, 5.74) is 0.958. The molecule has 1 aromatic heterocycles. The van der Waals surface area contributed by atoms with Gasteiger partial charge in [-0.15, -0.1) is 0 Å². The highest BCUT2D eigenvalue weighted by atomic mass is 32.2. The number of alkyl halides is 2. The predicted molar refractivity (Wildman–Crippen MR) is 97.4 cm³/mol. The van der Waals surface area contributed by atoms with Crippen LogP contribution < -0.4 is 19.5 Å². The molecule has 8 heteroatoms. The van der Waals surface area contributed by atoms with Gasteiger partial charge in [-0.3, -0.25) is 0 Å². The van der Waals surface area contributed by atoms with Crippen LogP contribution in [-0.4, -0.2) is 27.1 Å². The lowest BCUT2D eigenvalue weighted by Crippen LogP contribution is -2.18. The van der Waals surface area contributed by atoms with E-state index in [1.165, 1.54) is 0 Å². The van der Waals surface area contributed by atoms with Crippen LogP contribution in [0.15, 0.2) is 28.7 Å². The molecule has 0 radical (unpaired) electrons. The lowest BCUT2D eigenvalue weighted by atomic mass is 10.1. The number of nitrogens with one attached hydrogen (secondary N) is 1. The molecule has 0 saturated heterocycles. The van der Waals surface area contributed by atoms with Crippen LogP contribution in [0.5, 0.6) is 17.2 Å². The molecule has 2 aromatic rings. The summed E-state index contributed by atoms with van der Waals surface area (Å²) < 4.78 is 46.1. The Hall–Kier alpha value is -1.93. The Balaban J connectivity index is 2.02. The summed E-state index contributed by atoms with van der Waals surface area (Å²) in [5.74, 6) is 0.682. The third-order valence-corrected chi connectivity index (χ3v) is 4.54. The van der Waals surface area contributed by atoms with Crippen LogP contribution in [-0.2, 0) is 12.3 Å². The van der Waals surface area contributed by atoms with Gasteiger partial charge >= 0.3 is 0 Å². The van der Waals surface area contributed by atoms with Crippen molar-refractivity contribution in [3.63, 3.8) is 0 Å². The monoisotopic (exact) mass is 387 g/mol. The van der Waals surface area contributed by atoms with E-state index in [0.717, 1.165) is 5.56 Å². The number of hydrogen-bond donors (Lipinski definition) is 1. The van der Waals surface area contributed by atoms with Gasteiger partial charge in [0.2, 0.25) is 5.75 Å². The van der Waals surface area contributed by atoms with Crippen molar-refractivity contribution in [3.8, 4) is 17.2 Å². The number of furan rings is 1. The highest BCUT2D eigenvalue weighted by Gasteiger charge is 2.16. The Bertz CT molecular complexity index is 683. The minimum absolute atomic E-state index is 0.0207. The molecule has 2 rings (SSSR count). The van der Waals surface area contributed by atoms with E-state index < -0.39 is 5.76 Å². The molecule has 0 aliphatic heterocycles. The van der Waals surface area contributed by atoms with Gasteiger partial charge in [0.05, 0.1) is 33.6 Å². The summed E-state index contributed by atoms with van der Waals surface area (Å²) in [6.07, 6.45) is 0. The van der Waals surface area contributed by atoms with Crippen molar-refractivity contribution in [2.45, 2.75) is 31.0 Å². The molecular weight excluding hydrogens is 364 g/mol. The Morgan fingerprint density at radius 2 is 1.65 bits per heavy atom. The van der Waals surface area contributed by atoms with Crippen LogP contribution in [0.2, 0.25) is 0 Å². The van der Waals surface area contributed by atoms with Gasteiger partial charge < -0.3 is 23.9 Å². The number of hydrogen-bond acceptors (Lipinski definition) is 6. The summed E-state index contributed by atoms with van der Waals surface area (Å²) in [7, 11) is 4.70. The Kier molecular flexibility index (Phi) is 7.59. The third kappa shape index (κ3) is 5.28. The molecule has 0 saturated carbocycles. The van der Waals surface area contributed by atoms with Crippen molar-refractivity contribution in [1.82, 2.24) is 5.32 Å². The van der Waals surface area contributed by atoms with Gasteiger partial charge in [0.25, 0.3) is 5.76 Å². The number of ether oxygens (including phenoxy) is 3. The van der Waals surface area contributed by atoms with Crippen LogP contribution in [0.4, 0.5) is 8.78 Å². The maximum Gasteiger partial charge on any atom is 0.284 e. The lowest BCUT2D eigenvalue weighted by molar-refractivity contribution is 0.251. The molecule has 0 bridgehead atoms. The SMILES string of the molecule is COc1cc(C(C)NCc2ccc(CSC(F)F)o2)cc(OC)c1OC. The molecule has 1 heterocycles. The second-order valence-electron chi connectivity index (χ2n) is 5.50. The zero-order valence-corrected chi connectivity index (χ0v) is 16.0. The highest BCUT2D eigenvalue weighted by Crippen LogP contribution is 2.39. The van der Waals surface area contributed by atoms with Gasteiger partial charge in [0, 0.05) is 6.04 Å². The summed E-state index contributed by atoms with van der Waals surface area (Å²) >= 11 is 0.543. The predicted octanol–water partition coefficient (Wildman–Crippen LogP) is 4.61. The van der Waals surface area contributed by atoms with E-state index in [4.69, 9.17) is 18.6 Å². The average Bonchev–Trinajstić information content (AvgIpc) is 3.10. The molecule has 5 nitrogen and oxygen atoms in total. The van der Waals surface area contributed by atoms with Gasteiger partial charge in [-0.1, -0.05) is 11.8 Å². The lowest BCUT2D eigenvalue weighted by Gasteiger charge is -2.18. The first-order chi connectivity index (χ1) is 12.5. The molecule has 0 aliphatic rings. The standard InChI is InChI=1S/C18H23F2NO4S/c1-11(12-7-15(22-2)17(24-4)16(8-12)23-3)21-9-13-5-6-14(25-13)10-26-18(19)20/h5-8,11,18,21H,9-10H2,1-4H3. The fourth-order valence-electron chi connectivity index (χ4n) is 2.46. The van der Waals surface area contributed by atoms with Crippen molar-refractivity contribution in [2.75, 3.05) is 21.3 Å². The number of rotatable bonds is 10. The minimum atomic E-state index is -2.40. The van der Waals surface area contributed by atoms with Crippen molar-refractivity contribution >= 4 is 11.8 Å². The summed E-state index contributed by atoms with van der Waals surface area (Å²) in [6, 6.07) is 7.25. The second-order valence-corrected chi connectivity index (χ2v) is 6.48. The van der Waals surface area contributed by atoms with Crippen molar-refractivity contribution < 1.29 is 27.4 Å². The molecule has 0 aliphatic carbocycles. The van der Waals surface area contributed by atoms with Crippen LogP contribution in [0.3, 0.4) is 0 Å². The van der Waals surface area contributed by atoms with Crippen molar-refractivity contribution in [3.05, 3.63) is 41.3 Å². The molecule has 1 N–H and O–H groups in total. The summed E-state index contributed by atoms with van der Waals surface area (Å²) in [5, 5.41) is 3.33. The molecule has 1 atom stereocenters. The molecule has 0 amide bonds. The number of methoxy groups -OCH3 is 3. The summed E-state index contributed by atoms with van der Waals surface area (Å²) in [6.45, 7) is 2.47. The maximum atomic E-state index is 12.2. The van der Waals surface area contributed by atoms with E-state index in [9.17, 15) is 8.78 Å². The molecule has 0 fully saturated rings. The Labute approximate surface area is 156 Å². The van der Waals surface area contributed by atoms with E-state index >= 15 is 0 Å². The molecular formula is C18H23F2NO4S.